The van der Waals surface area contributed by atoms with Crippen LogP contribution in [0.25, 0.3) is 0 Å². The Morgan fingerprint density at radius 3 is 1.29 bits per heavy atom. The lowest BCUT2D eigenvalue weighted by molar-refractivity contribution is 0.122. The molecule has 21 heavy (non-hydrogen) atoms. The van der Waals surface area contributed by atoms with Crippen LogP contribution < -0.4 is 6.15 Å². The van der Waals surface area contributed by atoms with Crippen LogP contribution in [0.3, 0.4) is 0 Å². The van der Waals surface area contributed by atoms with Crippen molar-refractivity contribution in [2.24, 2.45) is 0 Å². The van der Waals surface area contributed by atoms with Gasteiger partial charge in [0.25, 0.3) is 0 Å². The van der Waals surface area contributed by atoms with Gasteiger partial charge in [0.2, 0.25) is 0 Å². The summed E-state index contributed by atoms with van der Waals surface area (Å²) in [5.41, 5.74) is 0. The van der Waals surface area contributed by atoms with E-state index in [9.17, 15) is 0 Å². The Labute approximate surface area is 139 Å². The molecule has 132 valence electrons. The van der Waals surface area contributed by atoms with Crippen LogP contribution in [-0.4, -0.2) is 30.1 Å². The van der Waals surface area contributed by atoms with Crippen LogP contribution in [-0.2, 0) is 13.3 Å². The second kappa shape index (κ2) is 18.4. The Kier molecular flexibility index (Phi) is 23.0. The third-order valence-electron chi connectivity index (χ3n) is 3.77. The van der Waals surface area contributed by atoms with Crippen LogP contribution in [0.15, 0.2) is 0 Å². The van der Waals surface area contributed by atoms with Crippen LogP contribution >= 0.6 is 12.4 Å². The van der Waals surface area contributed by atoms with Gasteiger partial charge in [-0.05, 0) is 6.42 Å². The monoisotopic (exact) mass is 343 g/mol. The third kappa shape index (κ3) is 13.7. The predicted molar refractivity (Wildman–Crippen MR) is 95.7 cm³/mol. The van der Waals surface area contributed by atoms with Crippen molar-refractivity contribution in [2.75, 3.05) is 21.3 Å². The van der Waals surface area contributed by atoms with Gasteiger partial charge in [0.1, 0.15) is 0 Å². The van der Waals surface area contributed by atoms with E-state index in [1.165, 1.54) is 57.8 Å². The van der Waals surface area contributed by atoms with E-state index >= 15 is 0 Å². The van der Waals surface area contributed by atoms with E-state index in [4.69, 9.17) is 13.3 Å². The highest BCUT2D eigenvalue weighted by molar-refractivity contribution is 6.60. The molecule has 0 aliphatic rings. The van der Waals surface area contributed by atoms with Gasteiger partial charge in [0.05, 0.1) is 0 Å². The third-order valence-corrected chi connectivity index (χ3v) is 6.60. The minimum Gasteiger partial charge on any atom is -0.377 e. The molecule has 0 atom stereocenters. The molecule has 0 spiro atoms. The Morgan fingerprint density at radius 1 is 0.619 bits per heavy atom. The lowest BCUT2D eigenvalue weighted by atomic mass is 10.1. The molecule has 0 fully saturated rings. The zero-order valence-corrected chi connectivity index (χ0v) is 16.4. The average Bonchev–Trinajstić information content (AvgIpc) is 2.46. The second-order valence-electron chi connectivity index (χ2n) is 5.23. The first-order valence-electron chi connectivity index (χ1n) is 7.90. The maximum atomic E-state index is 5.41. The molecule has 0 unspecified atom stereocenters. The molecule has 4 nitrogen and oxygen atoms in total. The summed E-state index contributed by atoms with van der Waals surface area (Å²) in [6.45, 7) is 2.27. The molecule has 3 N–H and O–H groups in total. The highest BCUT2D eigenvalue weighted by Gasteiger charge is 2.36. The fourth-order valence-electron chi connectivity index (χ4n) is 2.39. The maximum Gasteiger partial charge on any atom is 0.500 e. The van der Waals surface area contributed by atoms with Crippen LogP contribution in [0.2, 0.25) is 6.04 Å². The summed E-state index contributed by atoms with van der Waals surface area (Å²) in [4.78, 5) is 0. The minimum absolute atomic E-state index is 0. The van der Waals surface area contributed by atoms with E-state index in [0.717, 1.165) is 12.5 Å². The Bertz CT molecular complexity index is 187. The Hall–Kier alpha value is 0.347. The number of halogens is 1. The first-order chi connectivity index (χ1) is 9.24. The largest absolute Gasteiger partial charge is 0.500 e. The van der Waals surface area contributed by atoms with Gasteiger partial charge in [0.15, 0.2) is 0 Å². The molecule has 0 aromatic carbocycles. The summed E-state index contributed by atoms with van der Waals surface area (Å²) in [5, 5.41) is 0. The Morgan fingerprint density at radius 2 is 0.952 bits per heavy atom. The van der Waals surface area contributed by atoms with Gasteiger partial charge in [0, 0.05) is 27.4 Å². The maximum absolute atomic E-state index is 5.41. The van der Waals surface area contributed by atoms with Crippen molar-refractivity contribution < 1.29 is 13.3 Å². The number of hydrogen-bond acceptors (Lipinski definition) is 4. The quantitative estimate of drug-likeness (QED) is 0.340. The van der Waals surface area contributed by atoms with Crippen molar-refractivity contribution >= 4 is 21.2 Å². The van der Waals surface area contributed by atoms with E-state index in [-0.39, 0.29) is 18.6 Å². The van der Waals surface area contributed by atoms with Gasteiger partial charge >= 0.3 is 8.80 Å². The zero-order valence-electron chi connectivity index (χ0n) is 14.6. The second-order valence-corrected chi connectivity index (χ2v) is 8.32. The van der Waals surface area contributed by atoms with E-state index in [2.05, 4.69) is 6.92 Å². The molecule has 0 rings (SSSR count). The molecule has 0 bridgehead atoms. The minimum atomic E-state index is -2.31. The van der Waals surface area contributed by atoms with Crippen molar-refractivity contribution in [2.45, 2.75) is 77.2 Å². The molecule has 0 saturated heterocycles. The van der Waals surface area contributed by atoms with Gasteiger partial charge in [-0.15, -0.1) is 12.4 Å². The van der Waals surface area contributed by atoms with Crippen molar-refractivity contribution in [3.63, 3.8) is 0 Å². The van der Waals surface area contributed by atoms with Crippen molar-refractivity contribution in [1.29, 1.82) is 0 Å². The standard InChI is InChI=1S/C15H34O3Si.ClH.H3N/c1-5-6-7-8-9-10-11-12-13-14-15-19(16-2,17-3)18-4;;/h5-15H2,1-4H3;1H;1H3. The average molecular weight is 344 g/mol. The van der Waals surface area contributed by atoms with E-state index < -0.39 is 8.80 Å². The predicted octanol–water partition coefficient (Wildman–Crippen LogP) is 5.37. The molecule has 0 saturated carbocycles. The summed E-state index contributed by atoms with van der Waals surface area (Å²) in [6, 6.07) is 0.938. The molecular formula is C15H38ClNO3Si. The van der Waals surface area contributed by atoms with Crippen molar-refractivity contribution in [1.82, 2.24) is 6.15 Å². The Balaban J connectivity index is -0.00000162. The smallest absolute Gasteiger partial charge is 0.377 e. The lowest BCUT2D eigenvalue weighted by Gasteiger charge is -2.24. The molecule has 0 amide bonds. The highest BCUT2D eigenvalue weighted by atomic mass is 35.5. The van der Waals surface area contributed by atoms with Crippen LogP contribution in [0, 0.1) is 0 Å². The number of hydrogen-bond donors (Lipinski definition) is 1. The summed E-state index contributed by atoms with van der Waals surface area (Å²) in [5.74, 6) is 0. The fraction of sp³-hybridized carbons (Fsp3) is 1.00. The van der Waals surface area contributed by atoms with E-state index in [0.29, 0.717) is 0 Å². The summed E-state index contributed by atoms with van der Waals surface area (Å²) in [6.07, 6.45) is 13.5. The molecule has 0 radical (unpaired) electrons. The molecule has 0 heterocycles. The molecule has 0 aromatic rings. The SMILES string of the molecule is CCCCCCCCCCCC[Si](OC)(OC)OC.Cl.N. The highest BCUT2D eigenvalue weighted by Crippen LogP contribution is 2.18. The van der Waals surface area contributed by atoms with Gasteiger partial charge in [-0.1, -0.05) is 64.7 Å². The van der Waals surface area contributed by atoms with Crippen molar-refractivity contribution in [3.8, 4) is 0 Å². The molecular weight excluding hydrogens is 306 g/mol. The summed E-state index contributed by atoms with van der Waals surface area (Å²) in [7, 11) is 2.76. The summed E-state index contributed by atoms with van der Waals surface area (Å²) >= 11 is 0. The van der Waals surface area contributed by atoms with Gasteiger partial charge in [-0.25, -0.2) is 0 Å². The van der Waals surface area contributed by atoms with Crippen LogP contribution in [0.4, 0.5) is 0 Å². The molecule has 0 aliphatic heterocycles. The fourth-order valence-corrected chi connectivity index (χ4v) is 4.18. The summed E-state index contributed by atoms with van der Waals surface area (Å²) < 4.78 is 16.2. The van der Waals surface area contributed by atoms with Gasteiger partial charge in [-0.3, -0.25) is 0 Å². The van der Waals surface area contributed by atoms with Crippen molar-refractivity contribution in [3.05, 3.63) is 0 Å². The number of rotatable bonds is 14. The zero-order chi connectivity index (χ0) is 14.4. The van der Waals surface area contributed by atoms with Gasteiger partial charge in [-0.2, -0.15) is 0 Å². The van der Waals surface area contributed by atoms with E-state index in [1.54, 1.807) is 21.3 Å². The van der Waals surface area contributed by atoms with E-state index in [1.807, 2.05) is 0 Å². The normalized spacial score (nSPS) is 10.9. The topological polar surface area (TPSA) is 62.7 Å². The van der Waals surface area contributed by atoms with Crippen LogP contribution in [0.5, 0.6) is 0 Å². The first kappa shape index (κ1) is 26.3. The molecule has 6 heteroatoms. The molecule has 0 aliphatic carbocycles. The van der Waals surface area contributed by atoms with Gasteiger partial charge < -0.3 is 19.4 Å². The lowest BCUT2D eigenvalue weighted by Crippen LogP contribution is -2.42. The number of unbranched alkanes of at least 4 members (excludes halogenated alkanes) is 9. The first-order valence-corrected chi connectivity index (χ1v) is 9.83. The molecule has 0 aromatic heterocycles. The van der Waals surface area contributed by atoms with Crippen LogP contribution in [0.1, 0.15) is 71.1 Å².